The summed E-state index contributed by atoms with van der Waals surface area (Å²) in [6.07, 6.45) is 1.60. The maximum atomic E-state index is 12.9. The number of benzene rings is 2. The van der Waals surface area contributed by atoms with Gasteiger partial charge in [0, 0.05) is 40.1 Å². The second-order valence-corrected chi connectivity index (χ2v) is 7.87. The van der Waals surface area contributed by atoms with Crippen molar-refractivity contribution in [2.45, 2.75) is 19.8 Å². The summed E-state index contributed by atoms with van der Waals surface area (Å²) in [7, 11) is 3.26. The first-order chi connectivity index (χ1) is 13.5. The van der Waals surface area contributed by atoms with Gasteiger partial charge in [0.05, 0.1) is 20.3 Å². The molecule has 1 unspecified atom stereocenters. The number of hydrogen-bond acceptors (Lipinski definition) is 6. The van der Waals surface area contributed by atoms with Crippen molar-refractivity contribution >= 4 is 37.5 Å². The van der Waals surface area contributed by atoms with Crippen LogP contribution in [0.5, 0.6) is 5.75 Å². The van der Waals surface area contributed by atoms with E-state index in [1.807, 2.05) is 30.3 Å². The Bertz CT molecular complexity index is 1040. The third-order valence-electron chi connectivity index (χ3n) is 4.71. The molecule has 3 rings (SSSR count). The molecule has 1 heterocycles. The third-order valence-corrected chi connectivity index (χ3v) is 5.84. The molecule has 2 aromatic carbocycles. The van der Waals surface area contributed by atoms with Crippen molar-refractivity contribution < 1.29 is 19.0 Å². The van der Waals surface area contributed by atoms with E-state index in [1.165, 1.54) is 6.92 Å². The van der Waals surface area contributed by atoms with Crippen molar-refractivity contribution in [1.29, 1.82) is 0 Å². The van der Waals surface area contributed by atoms with Gasteiger partial charge in [-0.2, -0.15) is 0 Å². The number of ether oxygens (including phenoxy) is 3. The van der Waals surface area contributed by atoms with Crippen molar-refractivity contribution in [3.05, 3.63) is 52.2 Å². The number of esters is 1. The average Bonchev–Trinajstić information content (AvgIpc) is 2.70. The van der Waals surface area contributed by atoms with Gasteiger partial charge in [0.2, 0.25) is 0 Å². The summed E-state index contributed by atoms with van der Waals surface area (Å²) in [5, 5.41) is 1.45. The van der Waals surface area contributed by atoms with Gasteiger partial charge in [0.15, 0.2) is 5.43 Å². The molecule has 0 aliphatic heterocycles. The lowest BCUT2D eigenvalue weighted by molar-refractivity contribution is -0.142. The predicted molar refractivity (Wildman–Crippen MR) is 112 cm³/mol. The van der Waals surface area contributed by atoms with Crippen molar-refractivity contribution in [3.63, 3.8) is 0 Å². The Balaban J connectivity index is 1.85. The van der Waals surface area contributed by atoms with Crippen LogP contribution in [0.15, 0.2) is 41.2 Å². The molecule has 0 N–H and O–H groups in total. The van der Waals surface area contributed by atoms with Gasteiger partial charge in [-0.1, -0.05) is 6.07 Å². The maximum absolute atomic E-state index is 12.9. The average molecular weight is 400 g/mol. The molecule has 6 heteroatoms. The van der Waals surface area contributed by atoms with Crippen LogP contribution in [-0.2, 0) is 20.7 Å². The van der Waals surface area contributed by atoms with E-state index in [1.54, 1.807) is 25.6 Å². The molecular weight excluding hydrogens is 376 g/mol. The van der Waals surface area contributed by atoms with Gasteiger partial charge in [0.25, 0.3) is 0 Å². The number of rotatable bonds is 8. The second-order valence-electron chi connectivity index (χ2n) is 6.79. The maximum Gasteiger partial charge on any atom is 0.302 e. The van der Waals surface area contributed by atoms with Gasteiger partial charge in [-0.15, -0.1) is 11.3 Å². The van der Waals surface area contributed by atoms with Crippen LogP contribution in [0, 0.1) is 5.92 Å². The highest BCUT2D eigenvalue weighted by Crippen LogP contribution is 2.28. The lowest BCUT2D eigenvalue weighted by atomic mass is 9.99. The van der Waals surface area contributed by atoms with E-state index in [4.69, 9.17) is 14.2 Å². The van der Waals surface area contributed by atoms with Crippen LogP contribution in [0.4, 0.5) is 0 Å². The standard InChI is InChI=1S/C22H24O5S/c1-14(23)27-13-16(12-25-2)5-4-15-6-9-20-19(10-15)22(24)18-8-7-17(26-3)11-21(18)28-20/h6-11,16H,4-5,12-13H2,1-3H3. The van der Waals surface area contributed by atoms with Crippen molar-refractivity contribution in [3.8, 4) is 5.75 Å². The molecule has 3 aromatic rings. The normalized spacial score (nSPS) is 12.2. The Morgan fingerprint density at radius 1 is 1.04 bits per heavy atom. The van der Waals surface area contributed by atoms with E-state index in [2.05, 4.69) is 6.07 Å². The van der Waals surface area contributed by atoms with Crippen LogP contribution in [0.25, 0.3) is 20.2 Å². The summed E-state index contributed by atoms with van der Waals surface area (Å²) < 4.78 is 17.5. The van der Waals surface area contributed by atoms with Gasteiger partial charge in [-0.3, -0.25) is 9.59 Å². The molecule has 0 radical (unpaired) electrons. The van der Waals surface area contributed by atoms with Crippen LogP contribution >= 0.6 is 11.3 Å². The Morgan fingerprint density at radius 3 is 2.57 bits per heavy atom. The van der Waals surface area contributed by atoms with Crippen LogP contribution in [-0.4, -0.2) is 33.4 Å². The van der Waals surface area contributed by atoms with Gasteiger partial charge in [0.1, 0.15) is 5.75 Å². The molecule has 1 atom stereocenters. The van der Waals surface area contributed by atoms with Crippen LogP contribution in [0.1, 0.15) is 18.9 Å². The molecule has 5 nitrogen and oxygen atoms in total. The van der Waals surface area contributed by atoms with E-state index in [-0.39, 0.29) is 17.3 Å². The topological polar surface area (TPSA) is 61.8 Å². The Hall–Kier alpha value is -2.44. The highest BCUT2D eigenvalue weighted by molar-refractivity contribution is 7.24. The number of carbonyl (C=O) groups excluding carboxylic acids is 1. The fourth-order valence-electron chi connectivity index (χ4n) is 3.22. The molecule has 0 saturated carbocycles. The zero-order valence-corrected chi connectivity index (χ0v) is 17.1. The zero-order chi connectivity index (χ0) is 20.1. The lowest BCUT2D eigenvalue weighted by Gasteiger charge is -2.15. The number of hydrogen-bond donors (Lipinski definition) is 0. The quantitative estimate of drug-likeness (QED) is 0.419. The minimum Gasteiger partial charge on any atom is -0.497 e. The molecule has 0 fully saturated rings. The first kappa shape index (κ1) is 20.3. The van der Waals surface area contributed by atoms with Crippen LogP contribution < -0.4 is 10.2 Å². The van der Waals surface area contributed by atoms with E-state index >= 15 is 0 Å². The number of methoxy groups -OCH3 is 2. The van der Waals surface area contributed by atoms with Crippen molar-refractivity contribution in [2.24, 2.45) is 5.92 Å². The smallest absolute Gasteiger partial charge is 0.302 e. The fourth-order valence-corrected chi connectivity index (χ4v) is 4.30. The molecule has 0 spiro atoms. The zero-order valence-electron chi connectivity index (χ0n) is 16.3. The summed E-state index contributed by atoms with van der Waals surface area (Å²) in [4.78, 5) is 24.0. The number of fused-ring (bicyclic) bond motifs is 2. The summed E-state index contributed by atoms with van der Waals surface area (Å²) in [6.45, 7) is 2.28. The summed E-state index contributed by atoms with van der Waals surface area (Å²) in [5.74, 6) is 0.590. The van der Waals surface area contributed by atoms with Crippen molar-refractivity contribution in [1.82, 2.24) is 0 Å². The first-order valence-corrected chi connectivity index (χ1v) is 9.99. The van der Waals surface area contributed by atoms with Crippen molar-refractivity contribution in [2.75, 3.05) is 27.4 Å². The van der Waals surface area contributed by atoms with E-state index in [9.17, 15) is 9.59 Å². The van der Waals surface area contributed by atoms with Gasteiger partial charge in [-0.25, -0.2) is 0 Å². The van der Waals surface area contributed by atoms with E-state index < -0.39 is 0 Å². The number of aryl methyl sites for hydroxylation is 1. The Labute approximate surface area is 167 Å². The van der Waals surface area contributed by atoms with Gasteiger partial charge >= 0.3 is 5.97 Å². The van der Waals surface area contributed by atoms with Crippen LogP contribution in [0.3, 0.4) is 0 Å². The molecular formula is C22H24O5S. The fraction of sp³-hybridized carbons (Fsp3) is 0.364. The third kappa shape index (κ3) is 4.69. The number of carbonyl (C=O) groups is 1. The summed E-state index contributed by atoms with van der Waals surface area (Å²) in [6, 6.07) is 11.6. The highest BCUT2D eigenvalue weighted by Gasteiger charge is 2.12. The Kier molecular flexibility index (Phi) is 6.65. The van der Waals surface area contributed by atoms with Gasteiger partial charge < -0.3 is 14.2 Å². The van der Waals surface area contributed by atoms with E-state index in [0.29, 0.717) is 18.6 Å². The molecule has 1 aromatic heterocycles. The molecule has 0 bridgehead atoms. The second kappa shape index (κ2) is 9.17. The Morgan fingerprint density at radius 2 is 1.86 bits per heavy atom. The molecule has 0 amide bonds. The minimum absolute atomic E-state index is 0.0432. The molecule has 28 heavy (non-hydrogen) atoms. The predicted octanol–water partition coefficient (Wildman–Crippen LogP) is 4.18. The molecule has 0 aliphatic carbocycles. The van der Waals surface area contributed by atoms with Crippen LogP contribution in [0.2, 0.25) is 0 Å². The summed E-state index contributed by atoms with van der Waals surface area (Å²) in [5.41, 5.74) is 1.13. The molecule has 148 valence electrons. The first-order valence-electron chi connectivity index (χ1n) is 9.17. The minimum atomic E-state index is -0.284. The highest BCUT2D eigenvalue weighted by atomic mass is 32.1. The molecule has 0 saturated heterocycles. The largest absolute Gasteiger partial charge is 0.497 e. The lowest BCUT2D eigenvalue weighted by Crippen LogP contribution is -2.18. The van der Waals surface area contributed by atoms with Gasteiger partial charge in [-0.05, 0) is 48.7 Å². The van der Waals surface area contributed by atoms with E-state index in [0.717, 1.165) is 38.9 Å². The SMILES string of the molecule is COCC(CCc1ccc2sc3cc(OC)ccc3c(=O)c2c1)COC(C)=O. The molecule has 0 aliphatic rings. The monoisotopic (exact) mass is 400 g/mol. The summed E-state index contributed by atoms with van der Waals surface area (Å²) >= 11 is 1.59.